The van der Waals surface area contributed by atoms with Gasteiger partial charge in [-0.15, -0.1) is 0 Å². The number of nitrogens with zero attached hydrogens (tertiary/aromatic N) is 1. The molecule has 1 N–H and O–H groups in total. The first-order chi connectivity index (χ1) is 12.0. The normalized spacial score (nSPS) is 10.5. The molecule has 3 aromatic rings. The fraction of sp³-hybridized carbons (Fsp3) is 0.0556. The lowest BCUT2D eigenvalue weighted by atomic mass is 10.1. The Labute approximate surface area is 153 Å². The summed E-state index contributed by atoms with van der Waals surface area (Å²) in [5, 5.41) is 3.87. The van der Waals surface area contributed by atoms with Crippen LogP contribution >= 0.6 is 23.2 Å². The molecule has 0 unspecified atom stereocenters. The summed E-state index contributed by atoms with van der Waals surface area (Å²) in [4.78, 5) is 28.4. The number of carbonyl (C=O) groups is 2. The van der Waals surface area contributed by atoms with Crippen LogP contribution in [0, 0.1) is 0 Å². The van der Waals surface area contributed by atoms with Crippen molar-refractivity contribution in [1.82, 2.24) is 4.98 Å². The Morgan fingerprint density at radius 2 is 1.84 bits per heavy atom. The van der Waals surface area contributed by atoms with E-state index in [0.29, 0.717) is 21.6 Å². The van der Waals surface area contributed by atoms with E-state index in [9.17, 15) is 9.59 Å². The molecule has 0 aliphatic carbocycles. The molecule has 5 nitrogen and oxygen atoms in total. The SMILES string of the molecule is O=C(COC(=O)c1cc(Cl)nc2ccccc12)Nc1cccc(Cl)c1. The highest BCUT2D eigenvalue weighted by atomic mass is 35.5. The molecule has 0 atom stereocenters. The van der Waals surface area contributed by atoms with Crippen LogP contribution < -0.4 is 5.32 Å². The van der Waals surface area contributed by atoms with Gasteiger partial charge in [-0.1, -0.05) is 47.5 Å². The average molecular weight is 375 g/mol. The van der Waals surface area contributed by atoms with Crippen molar-refractivity contribution in [3.63, 3.8) is 0 Å². The van der Waals surface area contributed by atoms with Gasteiger partial charge >= 0.3 is 5.97 Å². The summed E-state index contributed by atoms with van der Waals surface area (Å²) in [6.07, 6.45) is 0. The number of amides is 1. The van der Waals surface area contributed by atoms with Gasteiger partial charge in [0.2, 0.25) is 0 Å². The standard InChI is InChI=1S/C18H12Cl2N2O3/c19-11-4-3-5-12(8-11)21-17(23)10-25-18(24)14-9-16(20)22-15-7-2-1-6-13(14)15/h1-9H,10H2,(H,21,23). The van der Waals surface area contributed by atoms with Gasteiger partial charge in [0.15, 0.2) is 6.61 Å². The minimum absolute atomic E-state index is 0.175. The number of esters is 1. The van der Waals surface area contributed by atoms with E-state index in [0.717, 1.165) is 0 Å². The molecule has 3 rings (SSSR count). The maximum atomic E-state index is 12.3. The number of pyridine rings is 1. The number of anilines is 1. The molecule has 0 saturated carbocycles. The summed E-state index contributed by atoms with van der Waals surface area (Å²) < 4.78 is 5.09. The molecule has 0 saturated heterocycles. The van der Waals surface area contributed by atoms with Gasteiger partial charge in [-0.25, -0.2) is 9.78 Å². The number of rotatable bonds is 4. The van der Waals surface area contributed by atoms with Crippen molar-refractivity contribution in [3.8, 4) is 0 Å². The van der Waals surface area contributed by atoms with Crippen molar-refractivity contribution in [1.29, 1.82) is 0 Å². The van der Waals surface area contributed by atoms with Crippen molar-refractivity contribution in [3.05, 3.63) is 70.3 Å². The largest absolute Gasteiger partial charge is 0.452 e. The minimum Gasteiger partial charge on any atom is -0.452 e. The van der Waals surface area contributed by atoms with E-state index >= 15 is 0 Å². The predicted octanol–water partition coefficient (Wildman–Crippen LogP) is 4.34. The van der Waals surface area contributed by atoms with E-state index in [-0.39, 0.29) is 10.7 Å². The van der Waals surface area contributed by atoms with Gasteiger partial charge in [-0.05, 0) is 30.3 Å². The fourth-order valence-electron chi connectivity index (χ4n) is 2.28. The fourth-order valence-corrected chi connectivity index (χ4v) is 2.67. The number of para-hydroxylation sites is 1. The lowest BCUT2D eigenvalue weighted by Crippen LogP contribution is -2.21. The van der Waals surface area contributed by atoms with Crippen LogP contribution in [0.3, 0.4) is 0 Å². The molecule has 1 heterocycles. The van der Waals surface area contributed by atoms with E-state index in [1.165, 1.54) is 6.07 Å². The van der Waals surface area contributed by atoms with Crippen molar-refractivity contribution in [2.45, 2.75) is 0 Å². The number of carbonyl (C=O) groups excluding carboxylic acids is 2. The topological polar surface area (TPSA) is 68.3 Å². The van der Waals surface area contributed by atoms with Gasteiger partial charge in [-0.2, -0.15) is 0 Å². The number of benzene rings is 2. The van der Waals surface area contributed by atoms with E-state index in [1.54, 1.807) is 48.5 Å². The number of ether oxygens (including phenoxy) is 1. The predicted molar refractivity (Wildman–Crippen MR) is 97.1 cm³/mol. The van der Waals surface area contributed by atoms with Gasteiger partial charge in [-0.3, -0.25) is 4.79 Å². The molecule has 7 heteroatoms. The third kappa shape index (κ3) is 4.26. The molecular weight excluding hydrogens is 363 g/mol. The first-order valence-corrected chi connectivity index (χ1v) is 8.06. The summed E-state index contributed by atoms with van der Waals surface area (Å²) in [5.74, 6) is -1.12. The molecule has 1 aromatic heterocycles. The van der Waals surface area contributed by atoms with Crippen molar-refractivity contribution < 1.29 is 14.3 Å². The molecule has 0 bridgehead atoms. The van der Waals surface area contributed by atoms with Crippen LogP contribution in [-0.4, -0.2) is 23.5 Å². The number of hydrogen-bond acceptors (Lipinski definition) is 4. The first kappa shape index (κ1) is 17.2. The molecule has 0 aliphatic heterocycles. The maximum Gasteiger partial charge on any atom is 0.339 e. The Morgan fingerprint density at radius 3 is 2.64 bits per heavy atom. The average Bonchev–Trinajstić information content (AvgIpc) is 2.59. The molecule has 2 aromatic carbocycles. The Morgan fingerprint density at radius 1 is 1.04 bits per heavy atom. The van der Waals surface area contributed by atoms with Crippen LogP contribution in [0.2, 0.25) is 10.2 Å². The van der Waals surface area contributed by atoms with Gasteiger partial charge in [0.05, 0.1) is 11.1 Å². The van der Waals surface area contributed by atoms with Gasteiger partial charge in [0.1, 0.15) is 5.15 Å². The first-order valence-electron chi connectivity index (χ1n) is 7.31. The van der Waals surface area contributed by atoms with Gasteiger partial charge < -0.3 is 10.1 Å². The third-order valence-electron chi connectivity index (χ3n) is 3.35. The molecule has 0 spiro atoms. The maximum absolute atomic E-state index is 12.3. The third-order valence-corrected chi connectivity index (χ3v) is 3.78. The van der Waals surface area contributed by atoms with Gasteiger partial charge in [0, 0.05) is 16.1 Å². The van der Waals surface area contributed by atoms with Crippen LogP contribution in [0.5, 0.6) is 0 Å². The molecule has 25 heavy (non-hydrogen) atoms. The quantitative estimate of drug-likeness (QED) is 0.544. The number of aromatic nitrogens is 1. The van der Waals surface area contributed by atoms with Crippen molar-refractivity contribution in [2.24, 2.45) is 0 Å². The lowest BCUT2D eigenvalue weighted by Gasteiger charge is -2.09. The van der Waals surface area contributed by atoms with Crippen molar-refractivity contribution in [2.75, 3.05) is 11.9 Å². The van der Waals surface area contributed by atoms with E-state index in [4.69, 9.17) is 27.9 Å². The minimum atomic E-state index is -0.651. The zero-order valence-corrected chi connectivity index (χ0v) is 14.3. The Hall–Kier alpha value is -2.63. The Kier molecular flexibility index (Phi) is 5.16. The molecule has 1 amide bonds. The second-order valence-corrected chi connectivity index (χ2v) is 5.97. The van der Waals surface area contributed by atoms with Crippen LogP contribution in [0.1, 0.15) is 10.4 Å². The Balaban J connectivity index is 1.70. The van der Waals surface area contributed by atoms with E-state index in [1.807, 2.05) is 0 Å². The Bertz CT molecular complexity index is 960. The molecule has 126 valence electrons. The van der Waals surface area contributed by atoms with Crippen LogP contribution in [0.25, 0.3) is 10.9 Å². The highest BCUT2D eigenvalue weighted by Gasteiger charge is 2.15. The number of nitrogens with one attached hydrogen (secondary N) is 1. The van der Waals surface area contributed by atoms with Crippen LogP contribution in [0.4, 0.5) is 5.69 Å². The lowest BCUT2D eigenvalue weighted by molar-refractivity contribution is -0.119. The van der Waals surface area contributed by atoms with E-state index in [2.05, 4.69) is 10.3 Å². The zero-order valence-electron chi connectivity index (χ0n) is 12.8. The second-order valence-electron chi connectivity index (χ2n) is 5.14. The van der Waals surface area contributed by atoms with Crippen LogP contribution in [0.15, 0.2) is 54.6 Å². The zero-order chi connectivity index (χ0) is 17.8. The summed E-state index contributed by atoms with van der Waals surface area (Å²) in [5.41, 5.74) is 1.35. The van der Waals surface area contributed by atoms with E-state index < -0.39 is 18.5 Å². The molecule has 0 radical (unpaired) electrons. The second kappa shape index (κ2) is 7.51. The number of fused-ring (bicyclic) bond motifs is 1. The smallest absolute Gasteiger partial charge is 0.339 e. The van der Waals surface area contributed by atoms with Crippen molar-refractivity contribution >= 4 is 51.7 Å². The number of halogens is 2. The summed E-state index contributed by atoms with van der Waals surface area (Å²) in [7, 11) is 0. The van der Waals surface area contributed by atoms with Gasteiger partial charge in [0.25, 0.3) is 5.91 Å². The highest BCUT2D eigenvalue weighted by Crippen LogP contribution is 2.21. The summed E-state index contributed by atoms with van der Waals surface area (Å²) in [6, 6.07) is 15.1. The molecular formula is C18H12Cl2N2O3. The highest BCUT2D eigenvalue weighted by molar-refractivity contribution is 6.31. The monoisotopic (exact) mass is 374 g/mol. The number of hydrogen-bond donors (Lipinski definition) is 1. The summed E-state index contributed by atoms with van der Waals surface area (Å²) in [6.45, 7) is -0.431. The molecule has 0 fully saturated rings. The summed E-state index contributed by atoms with van der Waals surface area (Å²) >= 11 is 11.8. The molecule has 0 aliphatic rings. The van der Waals surface area contributed by atoms with Crippen LogP contribution in [-0.2, 0) is 9.53 Å².